The van der Waals surface area contributed by atoms with Gasteiger partial charge in [-0.15, -0.1) is 17.7 Å². The second kappa shape index (κ2) is 7.24. The minimum Gasteiger partial charge on any atom is -0.850 e. The average molecular weight is 189 g/mol. The molecule has 13 heavy (non-hydrogen) atoms. The van der Waals surface area contributed by atoms with Crippen LogP contribution in [0.1, 0.15) is 26.3 Å². The molecule has 0 saturated heterocycles. The summed E-state index contributed by atoms with van der Waals surface area (Å²) in [5, 5.41) is 10.1. The number of rotatable bonds is 0. The zero-order valence-electron chi connectivity index (χ0n) is 8.71. The van der Waals surface area contributed by atoms with Gasteiger partial charge in [0.1, 0.15) is 0 Å². The quantitative estimate of drug-likeness (QED) is 0.448. The Morgan fingerprint density at radius 3 is 1.54 bits per heavy atom. The summed E-state index contributed by atoms with van der Waals surface area (Å²) < 4.78 is 0. The van der Waals surface area contributed by atoms with Crippen LogP contribution in [0.5, 0.6) is 0 Å². The Morgan fingerprint density at radius 2 is 1.38 bits per heavy atom. The van der Waals surface area contributed by atoms with Gasteiger partial charge in [0.05, 0.1) is 0 Å². The summed E-state index contributed by atoms with van der Waals surface area (Å²) in [6, 6.07) is 9.87. The summed E-state index contributed by atoms with van der Waals surface area (Å²) in [6.45, 7) is 8.62. The Hall–Kier alpha value is -0.184. The topological polar surface area (TPSA) is 23.1 Å². The molecule has 0 saturated carbocycles. The van der Waals surface area contributed by atoms with Crippen LogP contribution in [-0.4, -0.2) is 28.7 Å². The van der Waals surface area contributed by atoms with Gasteiger partial charge in [-0.1, -0.05) is 26.8 Å². The van der Waals surface area contributed by atoms with E-state index in [1.165, 1.54) is 0 Å². The fraction of sp³-hybridized carbons (Fsp3) is 0.364. The van der Waals surface area contributed by atoms with Crippen molar-refractivity contribution in [2.24, 2.45) is 0 Å². The maximum absolute atomic E-state index is 10.1. The van der Waals surface area contributed by atoms with E-state index in [1.807, 2.05) is 30.3 Å². The monoisotopic (exact) mass is 188 g/mol. The molecule has 0 aromatic heterocycles. The molecule has 1 rings (SSSR count). The van der Waals surface area contributed by atoms with Gasteiger partial charge < -0.3 is 5.11 Å². The van der Waals surface area contributed by atoms with Crippen molar-refractivity contribution in [3.63, 3.8) is 0 Å². The Morgan fingerprint density at radius 1 is 1.08 bits per heavy atom. The first-order valence-electron chi connectivity index (χ1n) is 3.97. The van der Waals surface area contributed by atoms with Gasteiger partial charge in [-0.05, 0) is 0 Å². The van der Waals surface area contributed by atoms with Crippen LogP contribution in [-0.2, 0) is 0 Å². The predicted molar refractivity (Wildman–Crippen MR) is 56.4 cm³/mol. The smallest absolute Gasteiger partial charge is 0.850 e. The molecule has 0 spiro atoms. The fourth-order valence-electron chi connectivity index (χ4n) is 0.478. The molecule has 1 aromatic rings. The minimum absolute atomic E-state index is 0. The second-order valence-electron chi connectivity index (χ2n) is 3.60. The first kappa shape index (κ1) is 15.3. The van der Waals surface area contributed by atoms with E-state index >= 15 is 0 Å². The number of hydrogen-bond acceptors (Lipinski definition) is 1. The molecular weight excluding hydrogens is 172 g/mol. The summed E-state index contributed by atoms with van der Waals surface area (Å²) >= 11 is 0. The maximum Gasteiger partial charge on any atom is 2.00 e. The Bertz CT molecular complexity index is 195. The maximum atomic E-state index is 10.1. The molecule has 0 heterocycles. The van der Waals surface area contributed by atoms with Gasteiger partial charge in [0.2, 0.25) is 0 Å². The summed E-state index contributed by atoms with van der Waals surface area (Å²) in [5.41, 5.74) is 0.322. The van der Waals surface area contributed by atoms with Crippen LogP contribution in [0.4, 0.5) is 0 Å². The average Bonchev–Trinajstić information content (AvgIpc) is 1.85. The second-order valence-corrected chi connectivity index (χ2v) is 3.60. The molecule has 0 N–H and O–H groups in total. The van der Waals surface area contributed by atoms with Gasteiger partial charge in [-0.3, -0.25) is 0 Å². The van der Waals surface area contributed by atoms with Crippen molar-refractivity contribution in [3.05, 3.63) is 42.8 Å². The van der Waals surface area contributed by atoms with Crippen molar-refractivity contribution in [1.29, 1.82) is 0 Å². The SMILES string of the molecule is CC(C)(C)[O-].[CH2-]c1ccccc1.[Mg+2]. The molecule has 1 nitrogen and oxygen atoms in total. The Labute approximate surface area is 97.3 Å². The molecule has 0 aliphatic carbocycles. The van der Waals surface area contributed by atoms with E-state index in [0.29, 0.717) is 0 Å². The van der Waals surface area contributed by atoms with E-state index in [0.717, 1.165) is 5.56 Å². The van der Waals surface area contributed by atoms with Gasteiger partial charge in [0.25, 0.3) is 0 Å². The first-order valence-corrected chi connectivity index (χ1v) is 3.97. The van der Waals surface area contributed by atoms with Crippen LogP contribution in [0.15, 0.2) is 30.3 Å². The zero-order valence-corrected chi connectivity index (χ0v) is 10.1. The van der Waals surface area contributed by atoms with Crippen LogP contribution >= 0.6 is 0 Å². The van der Waals surface area contributed by atoms with Gasteiger partial charge in [-0.2, -0.15) is 24.6 Å². The normalized spacial score (nSPS) is 9.23. The Kier molecular flexibility index (Phi) is 8.52. The first-order chi connectivity index (χ1) is 5.39. The molecule has 1 aromatic carbocycles. The standard InChI is InChI=1S/C7H7.C4H9O.Mg/c1-7-5-3-2-4-6-7;1-4(2,3)5;/h2-6H,1H2;1-3H3;/q2*-1;+2. The van der Waals surface area contributed by atoms with Crippen molar-refractivity contribution < 1.29 is 5.11 Å². The van der Waals surface area contributed by atoms with Gasteiger partial charge in [-0.25, -0.2) is 0 Å². The van der Waals surface area contributed by atoms with Gasteiger partial charge >= 0.3 is 23.1 Å². The third-order valence-corrected chi connectivity index (χ3v) is 0.843. The van der Waals surface area contributed by atoms with Crippen LogP contribution in [0, 0.1) is 6.92 Å². The van der Waals surface area contributed by atoms with E-state index in [4.69, 9.17) is 0 Å². The Balaban J connectivity index is 0. The number of hydrogen-bond donors (Lipinski definition) is 0. The molecular formula is C11H16MgO. The summed E-state index contributed by atoms with van der Waals surface area (Å²) in [6.07, 6.45) is 0. The number of benzene rings is 1. The van der Waals surface area contributed by atoms with Crippen LogP contribution in [0.2, 0.25) is 0 Å². The van der Waals surface area contributed by atoms with E-state index in [2.05, 4.69) is 6.92 Å². The van der Waals surface area contributed by atoms with E-state index < -0.39 is 5.60 Å². The fourth-order valence-corrected chi connectivity index (χ4v) is 0.478. The van der Waals surface area contributed by atoms with E-state index in [9.17, 15) is 5.11 Å². The van der Waals surface area contributed by atoms with E-state index in [-0.39, 0.29) is 23.1 Å². The van der Waals surface area contributed by atoms with Crippen LogP contribution in [0.3, 0.4) is 0 Å². The summed E-state index contributed by atoms with van der Waals surface area (Å²) in [4.78, 5) is 0. The third-order valence-electron chi connectivity index (χ3n) is 0.843. The van der Waals surface area contributed by atoms with Crippen molar-refractivity contribution in [2.75, 3.05) is 0 Å². The molecule has 68 valence electrons. The third kappa shape index (κ3) is 18.6. The molecule has 0 amide bonds. The molecule has 0 aliphatic rings. The molecule has 0 fully saturated rings. The molecule has 0 radical (unpaired) electrons. The minimum atomic E-state index is -0.750. The largest absolute Gasteiger partial charge is 2.00 e. The predicted octanol–water partition coefficient (Wildman–Crippen LogP) is 1.63. The van der Waals surface area contributed by atoms with Gasteiger partial charge in [0, 0.05) is 0 Å². The molecule has 0 bridgehead atoms. The molecule has 2 heteroatoms. The molecule has 0 aliphatic heterocycles. The summed E-state index contributed by atoms with van der Waals surface area (Å²) in [7, 11) is 0. The molecule has 0 unspecified atom stereocenters. The van der Waals surface area contributed by atoms with Crippen molar-refractivity contribution in [3.8, 4) is 0 Å². The van der Waals surface area contributed by atoms with Crippen LogP contribution in [0.25, 0.3) is 0 Å². The zero-order chi connectivity index (χ0) is 9.61. The van der Waals surface area contributed by atoms with Gasteiger partial charge in [0.15, 0.2) is 0 Å². The molecule has 0 atom stereocenters. The van der Waals surface area contributed by atoms with Crippen molar-refractivity contribution in [2.45, 2.75) is 26.4 Å². The van der Waals surface area contributed by atoms with Crippen molar-refractivity contribution in [1.82, 2.24) is 0 Å². The van der Waals surface area contributed by atoms with Crippen LogP contribution < -0.4 is 5.11 Å². The van der Waals surface area contributed by atoms with Crippen molar-refractivity contribution >= 4 is 23.1 Å². The summed E-state index contributed by atoms with van der Waals surface area (Å²) in [5.74, 6) is 0. The van der Waals surface area contributed by atoms with E-state index in [1.54, 1.807) is 20.8 Å².